The zero-order valence-corrected chi connectivity index (χ0v) is 12.1. The van der Waals surface area contributed by atoms with Gasteiger partial charge >= 0.3 is 0 Å². The largest absolute Gasteiger partial charge is 0.381 e. The molecule has 0 saturated carbocycles. The van der Waals surface area contributed by atoms with Crippen LogP contribution in [-0.2, 0) is 6.54 Å². The Labute approximate surface area is 124 Å². The van der Waals surface area contributed by atoms with E-state index in [1.165, 1.54) is 5.56 Å². The average Bonchev–Trinajstić information content (AvgIpc) is 3.00. The molecule has 2 N–H and O–H groups in total. The summed E-state index contributed by atoms with van der Waals surface area (Å²) in [7, 11) is 0. The molecule has 0 aliphatic heterocycles. The highest BCUT2D eigenvalue weighted by atomic mass is 79.9. The SMILES string of the molecule is Brc1cccc(CNc2cccc(-c3nn[nH]n3)c2)c1. The van der Waals surface area contributed by atoms with E-state index in [2.05, 4.69) is 54.0 Å². The van der Waals surface area contributed by atoms with E-state index in [0.717, 1.165) is 22.3 Å². The summed E-state index contributed by atoms with van der Waals surface area (Å²) in [5.41, 5.74) is 3.16. The van der Waals surface area contributed by atoms with Gasteiger partial charge in [-0.3, -0.25) is 0 Å². The second-order valence-corrected chi connectivity index (χ2v) is 5.22. The number of rotatable bonds is 4. The Kier molecular flexibility index (Phi) is 3.73. The molecular formula is C14H12BrN5. The van der Waals surface area contributed by atoms with Gasteiger partial charge in [-0.2, -0.15) is 5.21 Å². The summed E-state index contributed by atoms with van der Waals surface area (Å²) < 4.78 is 1.08. The molecule has 0 amide bonds. The van der Waals surface area contributed by atoms with Gasteiger partial charge in [0.05, 0.1) is 0 Å². The zero-order valence-electron chi connectivity index (χ0n) is 10.5. The Morgan fingerprint density at radius 3 is 2.80 bits per heavy atom. The van der Waals surface area contributed by atoms with E-state index in [1.54, 1.807) is 0 Å². The van der Waals surface area contributed by atoms with Crippen LogP contribution in [0.5, 0.6) is 0 Å². The first kappa shape index (κ1) is 12.8. The number of anilines is 1. The molecule has 20 heavy (non-hydrogen) atoms. The van der Waals surface area contributed by atoms with Crippen molar-refractivity contribution in [1.82, 2.24) is 20.6 Å². The first-order valence-electron chi connectivity index (χ1n) is 6.13. The van der Waals surface area contributed by atoms with Gasteiger partial charge in [-0.15, -0.1) is 10.2 Å². The Balaban J connectivity index is 1.73. The minimum absolute atomic E-state index is 0.594. The maximum absolute atomic E-state index is 3.98. The van der Waals surface area contributed by atoms with Crippen LogP contribution in [0, 0.1) is 0 Å². The van der Waals surface area contributed by atoms with Gasteiger partial charge < -0.3 is 5.32 Å². The monoisotopic (exact) mass is 329 g/mol. The van der Waals surface area contributed by atoms with E-state index >= 15 is 0 Å². The summed E-state index contributed by atoms with van der Waals surface area (Å²) in [5, 5.41) is 17.4. The van der Waals surface area contributed by atoms with Crippen LogP contribution in [0.15, 0.2) is 53.0 Å². The molecule has 1 heterocycles. The number of H-pyrrole nitrogens is 1. The molecule has 6 heteroatoms. The molecule has 0 unspecified atom stereocenters. The quantitative estimate of drug-likeness (QED) is 0.771. The summed E-state index contributed by atoms with van der Waals surface area (Å²) in [5.74, 6) is 0.594. The molecule has 0 aliphatic carbocycles. The number of aromatic amines is 1. The van der Waals surface area contributed by atoms with Crippen LogP contribution < -0.4 is 5.32 Å². The fourth-order valence-electron chi connectivity index (χ4n) is 1.90. The lowest BCUT2D eigenvalue weighted by atomic mass is 10.2. The van der Waals surface area contributed by atoms with Gasteiger partial charge in [0.1, 0.15) is 0 Å². The van der Waals surface area contributed by atoms with Crippen molar-refractivity contribution in [1.29, 1.82) is 0 Å². The third-order valence-corrected chi connectivity index (χ3v) is 3.35. The number of halogens is 1. The molecule has 0 bridgehead atoms. The fraction of sp³-hybridized carbons (Fsp3) is 0.0714. The first-order valence-corrected chi connectivity index (χ1v) is 6.93. The van der Waals surface area contributed by atoms with E-state index in [9.17, 15) is 0 Å². The number of nitrogens with zero attached hydrogens (tertiary/aromatic N) is 3. The third kappa shape index (κ3) is 3.03. The molecular weight excluding hydrogens is 318 g/mol. The lowest BCUT2D eigenvalue weighted by Gasteiger charge is -2.07. The zero-order chi connectivity index (χ0) is 13.8. The van der Waals surface area contributed by atoms with Crippen molar-refractivity contribution < 1.29 is 0 Å². The number of hydrogen-bond acceptors (Lipinski definition) is 4. The molecule has 2 aromatic carbocycles. The van der Waals surface area contributed by atoms with Crippen LogP contribution in [0.2, 0.25) is 0 Å². The molecule has 100 valence electrons. The van der Waals surface area contributed by atoms with E-state index < -0.39 is 0 Å². The normalized spacial score (nSPS) is 10.4. The third-order valence-electron chi connectivity index (χ3n) is 2.85. The molecule has 0 spiro atoms. The van der Waals surface area contributed by atoms with Crippen molar-refractivity contribution in [3.05, 3.63) is 58.6 Å². The van der Waals surface area contributed by atoms with Crippen molar-refractivity contribution in [2.45, 2.75) is 6.54 Å². The molecule has 0 atom stereocenters. The lowest BCUT2D eigenvalue weighted by molar-refractivity contribution is 0.881. The summed E-state index contributed by atoms with van der Waals surface area (Å²) in [4.78, 5) is 0. The maximum Gasteiger partial charge on any atom is 0.204 e. The van der Waals surface area contributed by atoms with Crippen molar-refractivity contribution in [2.24, 2.45) is 0 Å². The minimum Gasteiger partial charge on any atom is -0.381 e. The van der Waals surface area contributed by atoms with Crippen molar-refractivity contribution >= 4 is 21.6 Å². The number of nitrogens with one attached hydrogen (secondary N) is 2. The number of hydrogen-bond donors (Lipinski definition) is 2. The lowest BCUT2D eigenvalue weighted by Crippen LogP contribution is -1.99. The van der Waals surface area contributed by atoms with Crippen molar-refractivity contribution in [2.75, 3.05) is 5.32 Å². The molecule has 5 nitrogen and oxygen atoms in total. The topological polar surface area (TPSA) is 66.5 Å². The number of benzene rings is 2. The predicted molar refractivity (Wildman–Crippen MR) is 81.1 cm³/mol. The van der Waals surface area contributed by atoms with Crippen molar-refractivity contribution in [3.63, 3.8) is 0 Å². The van der Waals surface area contributed by atoms with Gasteiger partial charge in [0.25, 0.3) is 0 Å². The van der Waals surface area contributed by atoms with Gasteiger partial charge in [-0.25, -0.2) is 0 Å². The van der Waals surface area contributed by atoms with Gasteiger partial charge in [0.15, 0.2) is 0 Å². The van der Waals surface area contributed by atoms with Crippen molar-refractivity contribution in [3.8, 4) is 11.4 Å². The Morgan fingerprint density at radius 1 is 1.10 bits per heavy atom. The molecule has 0 saturated heterocycles. The highest BCUT2D eigenvalue weighted by Gasteiger charge is 2.03. The smallest absolute Gasteiger partial charge is 0.204 e. The highest BCUT2D eigenvalue weighted by Crippen LogP contribution is 2.19. The van der Waals surface area contributed by atoms with Gasteiger partial charge in [-0.05, 0) is 35.0 Å². The predicted octanol–water partition coefficient (Wildman–Crippen LogP) is 3.24. The van der Waals surface area contributed by atoms with Crippen LogP contribution in [0.3, 0.4) is 0 Å². The Morgan fingerprint density at radius 2 is 2.00 bits per heavy atom. The van der Waals surface area contributed by atoms with Gasteiger partial charge in [0, 0.05) is 22.3 Å². The second-order valence-electron chi connectivity index (χ2n) is 4.30. The van der Waals surface area contributed by atoms with Crippen LogP contribution in [-0.4, -0.2) is 20.6 Å². The van der Waals surface area contributed by atoms with Crippen LogP contribution >= 0.6 is 15.9 Å². The second kappa shape index (κ2) is 5.83. The van der Waals surface area contributed by atoms with Gasteiger partial charge in [0.2, 0.25) is 5.82 Å². The van der Waals surface area contributed by atoms with Crippen LogP contribution in [0.4, 0.5) is 5.69 Å². The number of tetrazole rings is 1. The van der Waals surface area contributed by atoms with E-state index in [-0.39, 0.29) is 0 Å². The Hall–Kier alpha value is -2.21. The minimum atomic E-state index is 0.594. The first-order chi connectivity index (χ1) is 9.81. The molecule has 0 aliphatic rings. The molecule has 0 fully saturated rings. The van der Waals surface area contributed by atoms with Crippen LogP contribution in [0.1, 0.15) is 5.56 Å². The summed E-state index contributed by atoms with van der Waals surface area (Å²) in [6.45, 7) is 0.759. The molecule has 1 aromatic heterocycles. The Bertz CT molecular complexity index is 696. The average molecular weight is 330 g/mol. The standard InChI is InChI=1S/C14H12BrN5/c15-12-5-1-3-10(7-12)9-16-13-6-2-4-11(8-13)14-17-19-20-18-14/h1-8,16H,9H2,(H,17,18,19,20). The molecule has 0 radical (unpaired) electrons. The summed E-state index contributed by atoms with van der Waals surface area (Å²) in [6.07, 6.45) is 0. The number of aromatic nitrogens is 4. The van der Waals surface area contributed by atoms with E-state index in [4.69, 9.17) is 0 Å². The molecule has 3 aromatic rings. The maximum atomic E-state index is 3.98. The van der Waals surface area contributed by atoms with E-state index in [0.29, 0.717) is 5.82 Å². The summed E-state index contributed by atoms with van der Waals surface area (Å²) in [6, 6.07) is 16.2. The highest BCUT2D eigenvalue weighted by molar-refractivity contribution is 9.10. The van der Waals surface area contributed by atoms with Crippen LogP contribution in [0.25, 0.3) is 11.4 Å². The molecule has 3 rings (SSSR count). The van der Waals surface area contributed by atoms with E-state index in [1.807, 2.05) is 36.4 Å². The van der Waals surface area contributed by atoms with Gasteiger partial charge in [-0.1, -0.05) is 40.2 Å². The summed E-state index contributed by atoms with van der Waals surface area (Å²) >= 11 is 3.47. The fourth-order valence-corrected chi connectivity index (χ4v) is 2.35.